The fraction of sp³-hybridized carbons (Fsp3) is 0.488. The molecule has 1 aromatic carbocycles. The summed E-state index contributed by atoms with van der Waals surface area (Å²) in [5.41, 5.74) is 4.06. The standard InChI is InChI=1S/C37H50N6O5.C2H6.C2H2/c1-6-11-26(22-39-34(38-4)31-16-10-21-43(31)35(44)32(24(2)3)42-37(47)48-5)13-9-12-25-17-19-27(20-18-25)30-23-40-33(41-30)28-14-7-8-15-29(28)36(45)46;2*1-2/h6,9,11,13,17-20,23-24,28-29,31-32H,1,7-8,10,12,14-16,21-22H2,2-5H3,(H,38,39)(H,40,41)(H,42,47)(H,45,46);1-2H3;1-2H/b13-9-,26-11+;;/t28-,29?,31?,32?;;/m1../s1. The summed E-state index contributed by atoms with van der Waals surface area (Å²) in [4.78, 5) is 51.4. The molecule has 1 aliphatic heterocycles. The molecule has 1 saturated carbocycles. The number of nitrogens with zero attached hydrogens (tertiary/aromatic N) is 3. The van der Waals surface area contributed by atoms with Crippen LogP contribution in [0.2, 0.25) is 0 Å². The number of aromatic amines is 1. The second-order valence-corrected chi connectivity index (χ2v) is 12.8. The number of imidazole rings is 1. The van der Waals surface area contributed by atoms with Gasteiger partial charge in [0, 0.05) is 26.1 Å². The van der Waals surface area contributed by atoms with Crippen molar-refractivity contribution in [1.29, 1.82) is 0 Å². The molecule has 1 aromatic heterocycles. The molecule has 4 atom stereocenters. The number of ether oxygens (including phenoxy) is 1. The zero-order valence-corrected chi connectivity index (χ0v) is 31.7. The molecule has 11 nitrogen and oxygen atoms in total. The van der Waals surface area contributed by atoms with Gasteiger partial charge in [-0.3, -0.25) is 14.6 Å². The zero-order valence-electron chi connectivity index (χ0n) is 31.7. The van der Waals surface area contributed by atoms with E-state index in [1.54, 1.807) is 24.2 Å². The number of aliphatic carboxylic acids is 1. The maximum absolute atomic E-state index is 13.5. The van der Waals surface area contributed by atoms with E-state index in [0.29, 0.717) is 19.5 Å². The number of amides is 2. The molecule has 282 valence electrons. The van der Waals surface area contributed by atoms with Crippen LogP contribution in [0.25, 0.3) is 11.3 Å². The van der Waals surface area contributed by atoms with Gasteiger partial charge >= 0.3 is 12.1 Å². The van der Waals surface area contributed by atoms with Gasteiger partial charge in [-0.2, -0.15) is 0 Å². The fourth-order valence-corrected chi connectivity index (χ4v) is 6.65. The summed E-state index contributed by atoms with van der Waals surface area (Å²) in [7, 11) is 3.01. The Kier molecular flexibility index (Phi) is 18.8. The van der Waals surface area contributed by atoms with Gasteiger partial charge < -0.3 is 30.4 Å². The first-order valence-corrected chi connectivity index (χ1v) is 18.2. The van der Waals surface area contributed by atoms with Crippen molar-refractivity contribution in [3.63, 3.8) is 0 Å². The summed E-state index contributed by atoms with van der Waals surface area (Å²) < 4.78 is 4.74. The fourth-order valence-electron chi connectivity index (χ4n) is 6.65. The van der Waals surface area contributed by atoms with E-state index in [2.05, 4.69) is 81.4 Å². The smallest absolute Gasteiger partial charge is 0.407 e. The Balaban J connectivity index is 0.00000226. The Hall–Kier alpha value is -5.11. The first kappa shape index (κ1) is 43.1. The van der Waals surface area contributed by atoms with Crippen molar-refractivity contribution in [3.05, 3.63) is 78.3 Å². The number of benzene rings is 1. The van der Waals surface area contributed by atoms with Gasteiger partial charge in [0.15, 0.2) is 0 Å². The lowest BCUT2D eigenvalue weighted by Crippen LogP contribution is -2.55. The Morgan fingerprint density at radius 1 is 1.13 bits per heavy atom. The lowest BCUT2D eigenvalue weighted by molar-refractivity contribution is -0.143. The number of hydrogen-bond acceptors (Lipinski definition) is 6. The van der Waals surface area contributed by atoms with Crippen molar-refractivity contribution in [2.75, 3.05) is 27.2 Å². The van der Waals surface area contributed by atoms with E-state index in [9.17, 15) is 19.5 Å². The van der Waals surface area contributed by atoms with Crippen molar-refractivity contribution in [3.8, 4) is 24.1 Å². The number of methoxy groups -OCH3 is 1. The third-order valence-electron chi connectivity index (χ3n) is 9.27. The normalized spacial score (nSPS) is 19.5. The van der Waals surface area contributed by atoms with Crippen molar-refractivity contribution < 1.29 is 24.2 Å². The van der Waals surface area contributed by atoms with Gasteiger partial charge in [0.1, 0.15) is 17.7 Å². The first-order chi connectivity index (χ1) is 25.2. The number of hydrogen-bond donors (Lipinski definition) is 4. The molecule has 1 aliphatic carbocycles. The minimum Gasteiger partial charge on any atom is -0.481 e. The molecule has 2 fully saturated rings. The molecule has 2 aliphatic rings. The van der Waals surface area contributed by atoms with Crippen LogP contribution in [0.1, 0.15) is 83.5 Å². The van der Waals surface area contributed by atoms with Gasteiger partial charge in [-0.15, -0.1) is 12.8 Å². The average Bonchev–Trinajstić information content (AvgIpc) is 3.87. The molecule has 3 unspecified atom stereocenters. The highest BCUT2D eigenvalue weighted by molar-refractivity contribution is 5.94. The number of nitrogens with one attached hydrogen (secondary N) is 3. The number of aromatic nitrogens is 2. The number of H-pyrrole nitrogens is 1. The summed E-state index contributed by atoms with van der Waals surface area (Å²) in [5, 5.41) is 15.8. The number of aliphatic imine (C=N–C) groups is 1. The van der Waals surface area contributed by atoms with Crippen LogP contribution < -0.4 is 10.6 Å². The van der Waals surface area contributed by atoms with Crippen LogP contribution in [0, 0.1) is 24.7 Å². The molecule has 2 heterocycles. The molecule has 11 heteroatoms. The minimum absolute atomic E-state index is 0.0754. The van der Waals surface area contributed by atoms with E-state index in [1.165, 1.54) is 7.11 Å². The van der Waals surface area contributed by atoms with Crippen LogP contribution in [0.4, 0.5) is 4.79 Å². The van der Waals surface area contributed by atoms with E-state index < -0.39 is 18.1 Å². The lowest BCUT2D eigenvalue weighted by Gasteiger charge is -2.31. The van der Waals surface area contributed by atoms with E-state index in [1.807, 2.05) is 33.8 Å². The molecule has 4 N–H and O–H groups in total. The summed E-state index contributed by atoms with van der Waals surface area (Å²) in [5.74, 6) is 0.0430. The number of allylic oxidation sites excluding steroid dienone is 3. The largest absolute Gasteiger partial charge is 0.481 e. The molecule has 0 bridgehead atoms. The molecule has 2 amide bonds. The Morgan fingerprint density at radius 2 is 1.83 bits per heavy atom. The highest BCUT2D eigenvalue weighted by atomic mass is 16.5. The average molecular weight is 715 g/mol. The van der Waals surface area contributed by atoms with Gasteiger partial charge in [0.2, 0.25) is 5.91 Å². The predicted molar refractivity (Wildman–Crippen MR) is 209 cm³/mol. The van der Waals surface area contributed by atoms with Gasteiger partial charge in [-0.05, 0) is 54.7 Å². The number of amidine groups is 1. The van der Waals surface area contributed by atoms with Crippen LogP contribution in [0.5, 0.6) is 0 Å². The Morgan fingerprint density at radius 3 is 2.44 bits per heavy atom. The van der Waals surface area contributed by atoms with Crippen LogP contribution in [0.3, 0.4) is 0 Å². The number of carbonyl (C=O) groups is 3. The maximum Gasteiger partial charge on any atom is 0.407 e. The maximum atomic E-state index is 13.5. The lowest BCUT2D eigenvalue weighted by atomic mass is 9.79. The van der Waals surface area contributed by atoms with E-state index in [0.717, 1.165) is 72.6 Å². The second-order valence-electron chi connectivity index (χ2n) is 12.8. The monoisotopic (exact) mass is 714 g/mol. The topological polar surface area (TPSA) is 149 Å². The van der Waals surface area contributed by atoms with Gasteiger partial charge in [0.05, 0.1) is 31.0 Å². The van der Waals surface area contributed by atoms with Crippen molar-refractivity contribution in [1.82, 2.24) is 25.5 Å². The number of rotatable bonds is 13. The number of likely N-dealkylation sites (tertiary alicyclic amines) is 1. The van der Waals surface area contributed by atoms with Crippen LogP contribution >= 0.6 is 0 Å². The number of terminal acetylenes is 1. The van der Waals surface area contributed by atoms with Crippen molar-refractivity contribution in [2.24, 2.45) is 16.8 Å². The van der Waals surface area contributed by atoms with Crippen LogP contribution in [-0.4, -0.2) is 83.1 Å². The summed E-state index contributed by atoms with van der Waals surface area (Å²) in [6, 6.07) is 7.39. The molecular weight excluding hydrogens is 656 g/mol. The number of carboxylic acid groups (broad SMARTS) is 1. The molecule has 2 aromatic rings. The predicted octanol–water partition coefficient (Wildman–Crippen LogP) is 6.91. The molecule has 52 heavy (non-hydrogen) atoms. The molecule has 0 radical (unpaired) electrons. The highest BCUT2D eigenvalue weighted by Crippen LogP contribution is 2.37. The SMILES string of the molecule is C#C.C=C/C=C(\C=C/Cc1ccc(-c2cnc([C@@H]3CCCCC3C(=O)O)[nH]2)cc1)CNC(=NC)C1CCCN1C(=O)C(NC(=O)OC)C(C)C.CC. The number of alkyl carbamates (subject to hydrolysis) is 1. The molecule has 0 spiro atoms. The molecular formula is C41H58N6O5. The number of carboxylic acids is 1. The molecule has 4 rings (SSSR count). The Bertz CT molecular complexity index is 1550. The highest BCUT2D eigenvalue weighted by Gasteiger charge is 2.38. The van der Waals surface area contributed by atoms with Gasteiger partial charge in [-0.1, -0.05) is 95.7 Å². The second kappa shape index (κ2) is 22.7. The summed E-state index contributed by atoms with van der Waals surface area (Å²) in [6.07, 6.45) is 22.9. The Labute approximate surface area is 310 Å². The zero-order chi connectivity index (χ0) is 38.6. The first-order valence-electron chi connectivity index (χ1n) is 18.2. The molecule has 1 saturated heterocycles. The number of carbonyl (C=O) groups excluding carboxylic acids is 2. The van der Waals surface area contributed by atoms with E-state index >= 15 is 0 Å². The van der Waals surface area contributed by atoms with E-state index in [-0.39, 0.29) is 29.7 Å². The third kappa shape index (κ3) is 12.0. The van der Waals surface area contributed by atoms with Crippen molar-refractivity contribution >= 4 is 23.8 Å². The summed E-state index contributed by atoms with van der Waals surface area (Å²) >= 11 is 0. The third-order valence-corrected chi connectivity index (χ3v) is 9.27. The van der Waals surface area contributed by atoms with Crippen molar-refractivity contribution in [2.45, 2.75) is 90.6 Å². The quantitative estimate of drug-likeness (QED) is 0.0763. The van der Waals surface area contributed by atoms with Crippen LogP contribution in [-0.2, 0) is 20.7 Å². The van der Waals surface area contributed by atoms with Crippen LogP contribution in [0.15, 0.2) is 71.9 Å². The summed E-state index contributed by atoms with van der Waals surface area (Å²) in [6.45, 7) is 12.8. The van der Waals surface area contributed by atoms with E-state index in [4.69, 9.17) is 4.74 Å². The minimum atomic E-state index is -0.741. The van der Waals surface area contributed by atoms with Gasteiger partial charge in [0.25, 0.3) is 0 Å². The van der Waals surface area contributed by atoms with Gasteiger partial charge in [-0.25, -0.2) is 9.78 Å².